The maximum absolute atomic E-state index is 12.0. The molecule has 2 aromatic carbocycles. The van der Waals surface area contributed by atoms with Crippen molar-refractivity contribution in [1.82, 2.24) is 4.98 Å². The number of para-hydroxylation sites is 1. The monoisotopic (exact) mass is 323 g/mol. The van der Waals surface area contributed by atoms with Crippen LogP contribution in [0.1, 0.15) is 26.2 Å². The van der Waals surface area contributed by atoms with E-state index in [-0.39, 0.29) is 17.4 Å². The van der Waals surface area contributed by atoms with Gasteiger partial charge in [-0.2, -0.15) is 4.98 Å². The van der Waals surface area contributed by atoms with E-state index in [1.54, 1.807) is 48.5 Å². The van der Waals surface area contributed by atoms with E-state index < -0.39 is 0 Å². The van der Waals surface area contributed by atoms with Crippen LogP contribution in [0.25, 0.3) is 22.4 Å². The van der Waals surface area contributed by atoms with Crippen LogP contribution >= 0.6 is 0 Å². The van der Waals surface area contributed by atoms with Gasteiger partial charge in [0.15, 0.2) is 0 Å². The van der Waals surface area contributed by atoms with E-state index in [9.17, 15) is 9.59 Å². The van der Waals surface area contributed by atoms with Crippen molar-refractivity contribution >= 4 is 16.9 Å². The average Bonchev–Trinajstić information content (AvgIpc) is 2.60. The Balaban J connectivity index is 1.83. The molecular formula is C19H17NO4. The largest absolute Gasteiger partial charge is 0.437 e. The van der Waals surface area contributed by atoms with E-state index >= 15 is 0 Å². The zero-order valence-electron chi connectivity index (χ0n) is 13.3. The smallest absolute Gasteiger partial charge is 0.311 e. The first-order valence-electron chi connectivity index (χ1n) is 7.88. The molecule has 1 aromatic heterocycles. The number of hydrogen-bond donors (Lipinski definition) is 0. The minimum atomic E-state index is -0.332. The Morgan fingerprint density at radius 2 is 1.88 bits per heavy atom. The Morgan fingerprint density at radius 1 is 1.12 bits per heavy atom. The molecule has 24 heavy (non-hydrogen) atoms. The van der Waals surface area contributed by atoms with Gasteiger partial charge in [-0.25, -0.2) is 0 Å². The second kappa shape index (κ2) is 7.08. The molecule has 5 nitrogen and oxygen atoms in total. The average molecular weight is 323 g/mol. The van der Waals surface area contributed by atoms with Gasteiger partial charge in [0.05, 0.1) is 5.39 Å². The molecule has 0 radical (unpaired) electrons. The summed E-state index contributed by atoms with van der Waals surface area (Å²) in [5, 5.41) is 0.447. The fourth-order valence-electron chi connectivity index (χ4n) is 2.30. The van der Waals surface area contributed by atoms with Crippen LogP contribution < -0.4 is 10.3 Å². The zero-order chi connectivity index (χ0) is 16.9. The second-order valence-electron chi connectivity index (χ2n) is 5.42. The fraction of sp³-hybridized carbons (Fsp3) is 0.211. The van der Waals surface area contributed by atoms with Crippen LogP contribution in [0.3, 0.4) is 0 Å². The van der Waals surface area contributed by atoms with Gasteiger partial charge in [-0.1, -0.05) is 25.5 Å². The van der Waals surface area contributed by atoms with E-state index in [1.165, 1.54) is 0 Å². The lowest BCUT2D eigenvalue weighted by atomic mass is 10.2. The summed E-state index contributed by atoms with van der Waals surface area (Å²) in [6.45, 7) is 2.02. The standard InChI is InChI=1S/C19H17NO4/c1-2-3-8-17(21)23-14-11-9-13(10-12-14)19-20-18(22)15-6-4-5-7-16(15)24-19/h4-7,9-12H,2-3,8H2,1H3. The summed E-state index contributed by atoms with van der Waals surface area (Å²) in [4.78, 5) is 27.6. The first-order valence-corrected chi connectivity index (χ1v) is 7.88. The molecule has 0 fully saturated rings. The Morgan fingerprint density at radius 3 is 2.62 bits per heavy atom. The number of carbonyl (C=O) groups excluding carboxylic acids is 1. The molecule has 0 saturated heterocycles. The molecule has 3 aromatic rings. The van der Waals surface area contributed by atoms with E-state index in [2.05, 4.69) is 4.98 Å². The number of unbranched alkanes of at least 4 members (excludes halogenated alkanes) is 1. The number of rotatable bonds is 5. The molecule has 0 aliphatic carbocycles. The molecule has 0 N–H and O–H groups in total. The van der Waals surface area contributed by atoms with E-state index in [0.29, 0.717) is 28.7 Å². The van der Waals surface area contributed by atoms with Crippen molar-refractivity contribution in [1.29, 1.82) is 0 Å². The SMILES string of the molecule is CCCCC(=O)Oc1ccc(-c2nc(=O)c3ccccc3o2)cc1. The van der Waals surface area contributed by atoms with Crippen molar-refractivity contribution in [3.63, 3.8) is 0 Å². The summed E-state index contributed by atoms with van der Waals surface area (Å²) in [5.74, 6) is 0.450. The maximum atomic E-state index is 12.0. The van der Waals surface area contributed by atoms with Crippen molar-refractivity contribution < 1.29 is 13.9 Å². The summed E-state index contributed by atoms with van der Waals surface area (Å²) in [7, 11) is 0. The minimum absolute atomic E-state index is 0.238. The Hall–Kier alpha value is -2.95. The number of carbonyl (C=O) groups is 1. The van der Waals surface area contributed by atoms with E-state index in [0.717, 1.165) is 12.8 Å². The van der Waals surface area contributed by atoms with Crippen molar-refractivity contribution in [2.75, 3.05) is 0 Å². The third-order valence-corrected chi connectivity index (χ3v) is 3.59. The van der Waals surface area contributed by atoms with Gasteiger partial charge >= 0.3 is 5.97 Å². The number of esters is 1. The van der Waals surface area contributed by atoms with Gasteiger partial charge in [-0.15, -0.1) is 0 Å². The van der Waals surface area contributed by atoms with Gasteiger partial charge in [0.2, 0.25) is 5.89 Å². The van der Waals surface area contributed by atoms with Crippen LogP contribution in [-0.4, -0.2) is 11.0 Å². The van der Waals surface area contributed by atoms with Gasteiger partial charge in [0.25, 0.3) is 5.56 Å². The van der Waals surface area contributed by atoms with Crippen molar-refractivity contribution in [3.8, 4) is 17.2 Å². The van der Waals surface area contributed by atoms with E-state index in [4.69, 9.17) is 9.15 Å². The van der Waals surface area contributed by atoms with Crippen molar-refractivity contribution in [2.45, 2.75) is 26.2 Å². The normalized spacial score (nSPS) is 10.7. The van der Waals surface area contributed by atoms with Crippen LogP contribution in [-0.2, 0) is 4.79 Å². The first-order chi connectivity index (χ1) is 11.7. The summed E-state index contributed by atoms with van der Waals surface area (Å²) in [6, 6.07) is 13.7. The molecule has 122 valence electrons. The second-order valence-corrected chi connectivity index (χ2v) is 5.42. The number of nitrogens with zero attached hydrogens (tertiary/aromatic N) is 1. The maximum Gasteiger partial charge on any atom is 0.311 e. The summed E-state index contributed by atoms with van der Waals surface area (Å²) < 4.78 is 10.9. The molecular weight excluding hydrogens is 306 g/mol. The topological polar surface area (TPSA) is 69.4 Å². The van der Waals surface area contributed by atoms with Gasteiger partial charge in [-0.05, 0) is 42.8 Å². The van der Waals surface area contributed by atoms with Crippen molar-refractivity contribution in [2.24, 2.45) is 0 Å². The summed E-state index contributed by atoms with van der Waals surface area (Å²) in [5.41, 5.74) is 0.802. The zero-order valence-corrected chi connectivity index (χ0v) is 13.3. The van der Waals surface area contributed by atoms with Crippen molar-refractivity contribution in [3.05, 3.63) is 58.9 Å². The van der Waals surface area contributed by atoms with Gasteiger partial charge < -0.3 is 9.15 Å². The van der Waals surface area contributed by atoms with Crippen LogP contribution in [0, 0.1) is 0 Å². The highest BCUT2D eigenvalue weighted by Crippen LogP contribution is 2.22. The number of benzene rings is 2. The lowest BCUT2D eigenvalue weighted by Crippen LogP contribution is -2.08. The van der Waals surface area contributed by atoms with Gasteiger partial charge in [0, 0.05) is 12.0 Å². The lowest BCUT2D eigenvalue weighted by Gasteiger charge is -2.05. The minimum Gasteiger partial charge on any atom is -0.437 e. The number of fused-ring (bicyclic) bond motifs is 1. The van der Waals surface area contributed by atoms with Gasteiger partial charge in [0.1, 0.15) is 11.3 Å². The van der Waals surface area contributed by atoms with Gasteiger partial charge in [-0.3, -0.25) is 9.59 Å². The molecule has 0 spiro atoms. The molecule has 3 rings (SSSR count). The highest BCUT2D eigenvalue weighted by atomic mass is 16.5. The molecule has 0 aliphatic rings. The Bertz CT molecular complexity index is 913. The summed E-state index contributed by atoms with van der Waals surface area (Å²) >= 11 is 0. The highest BCUT2D eigenvalue weighted by Gasteiger charge is 2.09. The molecule has 0 amide bonds. The molecule has 0 saturated carbocycles. The Labute approximate surface area is 138 Å². The number of aromatic nitrogens is 1. The fourth-order valence-corrected chi connectivity index (χ4v) is 2.30. The van der Waals surface area contributed by atoms with Crippen LogP contribution in [0.4, 0.5) is 0 Å². The van der Waals surface area contributed by atoms with Crippen LogP contribution in [0.5, 0.6) is 5.75 Å². The number of ether oxygens (including phenoxy) is 1. The Kier molecular flexibility index (Phi) is 4.70. The van der Waals surface area contributed by atoms with E-state index in [1.807, 2.05) is 6.92 Å². The van der Waals surface area contributed by atoms with Crippen LogP contribution in [0.2, 0.25) is 0 Å². The third-order valence-electron chi connectivity index (χ3n) is 3.59. The lowest BCUT2D eigenvalue weighted by molar-refractivity contribution is -0.134. The first kappa shape index (κ1) is 15.9. The quantitative estimate of drug-likeness (QED) is 0.525. The predicted octanol–water partition coefficient (Wildman–Crippen LogP) is 3.95. The van der Waals surface area contributed by atoms with Crippen LogP contribution in [0.15, 0.2) is 57.7 Å². The molecule has 0 atom stereocenters. The summed E-state index contributed by atoms with van der Waals surface area (Å²) in [6.07, 6.45) is 2.16. The molecule has 5 heteroatoms. The highest BCUT2D eigenvalue weighted by molar-refractivity contribution is 5.76. The molecule has 0 unspecified atom stereocenters. The molecule has 0 aliphatic heterocycles. The molecule has 0 bridgehead atoms. The predicted molar refractivity (Wildman–Crippen MR) is 90.9 cm³/mol. The number of hydrogen-bond acceptors (Lipinski definition) is 5. The third kappa shape index (κ3) is 3.51. The molecule has 1 heterocycles.